The van der Waals surface area contributed by atoms with Crippen molar-refractivity contribution in [3.63, 3.8) is 0 Å². The van der Waals surface area contributed by atoms with E-state index in [0.717, 1.165) is 8.27 Å². The Bertz CT molecular complexity index is 731. The minimum atomic E-state index is -2.08. The molecule has 0 aromatic heterocycles. The molecule has 0 saturated heterocycles. The normalized spacial score (nSPS) is 17.6. The van der Waals surface area contributed by atoms with Crippen LogP contribution in [0.5, 0.6) is 0 Å². The fourth-order valence-electron chi connectivity index (χ4n) is 4.18. The molecule has 3 heteroatoms. The second kappa shape index (κ2) is 7.93. The Hall–Kier alpha value is -1.00. The molecule has 26 heavy (non-hydrogen) atoms. The number of rotatable bonds is 5. The average Bonchev–Trinajstić information content (AvgIpc) is 3.14. The Morgan fingerprint density at radius 3 is 1.31 bits per heavy atom. The molecule has 1 unspecified atom stereocenters. The molecule has 3 aromatic rings. The molecule has 1 saturated carbocycles. The number of halogens is 1. The van der Waals surface area contributed by atoms with Crippen LogP contribution >= 0.6 is 31.2 Å². The molecule has 1 aliphatic carbocycles. The van der Waals surface area contributed by atoms with Gasteiger partial charge in [0.25, 0.3) is 0 Å². The summed E-state index contributed by atoms with van der Waals surface area (Å²) < 4.78 is 0.292. The van der Waals surface area contributed by atoms with Gasteiger partial charge < -0.3 is 0 Å². The molecular formula is C23H25BrP2. The van der Waals surface area contributed by atoms with Gasteiger partial charge in [-0.3, -0.25) is 0 Å². The predicted molar refractivity (Wildman–Crippen MR) is 125 cm³/mol. The number of alkyl halides is 1. The van der Waals surface area contributed by atoms with Crippen LogP contribution in [0.25, 0.3) is 0 Å². The van der Waals surface area contributed by atoms with Gasteiger partial charge in [0.15, 0.2) is 0 Å². The molecule has 1 aliphatic rings. The van der Waals surface area contributed by atoms with Crippen LogP contribution in [-0.4, -0.2) is 4.07 Å². The van der Waals surface area contributed by atoms with Gasteiger partial charge in [-0.2, -0.15) is 0 Å². The topological polar surface area (TPSA) is 0 Å². The summed E-state index contributed by atoms with van der Waals surface area (Å²) in [6, 6.07) is 33.9. The Labute approximate surface area is 167 Å². The predicted octanol–water partition coefficient (Wildman–Crippen LogP) is 5.97. The van der Waals surface area contributed by atoms with Crippen LogP contribution < -0.4 is 15.9 Å². The zero-order chi connectivity index (χ0) is 17.9. The van der Waals surface area contributed by atoms with Gasteiger partial charge in [0.2, 0.25) is 0 Å². The molecule has 3 aromatic carbocycles. The Morgan fingerprint density at radius 1 is 0.615 bits per heavy atom. The third-order valence-corrected chi connectivity index (χ3v) is 18.0. The Morgan fingerprint density at radius 2 is 0.962 bits per heavy atom. The molecule has 0 spiro atoms. The summed E-state index contributed by atoms with van der Waals surface area (Å²) in [6.07, 6.45) is 5.29. The summed E-state index contributed by atoms with van der Waals surface area (Å²) >= 11 is 4.22. The van der Waals surface area contributed by atoms with Gasteiger partial charge in [-0.1, -0.05) is 0 Å². The number of hydrogen-bond donors (Lipinski definition) is 0. The van der Waals surface area contributed by atoms with Crippen LogP contribution in [0.15, 0.2) is 91.0 Å². The van der Waals surface area contributed by atoms with Crippen molar-refractivity contribution in [2.45, 2.75) is 29.7 Å². The molecule has 0 aliphatic heterocycles. The Balaban J connectivity index is 1.97. The maximum atomic E-state index is 4.22. The van der Waals surface area contributed by atoms with Crippen LogP contribution in [0, 0.1) is 0 Å². The van der Waals surface area contributed by atoms with Crippen molar-refractivity contribution in [2.24, 2.45) is 0 Å². The molecular weight excluding hydrogens is 418 g/mol. The summed E-state index contributed by atoms with van der Waals surface area (Å²) in [6.45, 7) is -2.08. The van der Waals surface area contributed by atoms with E-state index in [0.29, 0.717) is 4.07 Å². The summed E-state index contributed by atoms with van der Waals surface area (Å²) in [5, 5.41) is 4.59. The van der Waals surface area contributed by atoms with Gasteiger partial charge >= 0.3 is 168 Å². The third kappa shape index (κ3) is 3.55. The average molecular weight is 443 g/mol. The van der Waals surface area contributed by atoms with Gasteiger partial charge in [-0.25, -0.2) is 0 Å². The first-order valence-corrected chi connectivity index (χ1v) is 14.2. The third-order valence-electron chi connectivity index (χ3n) is 5.43. The van der Waals surface area contributed by atoms with Gasteiger partial charge in [-0.15, -0.1) is 0 Å². The first-order valence-electron chi connectivity index (χ1n) is 9.38. The fraction of sp³-hybridized carbons (Fsp3) is 0.217. The molecule has 0 radical (unpaired) electrons. The van der Waals surface area contributed by atoms with E-state index in [4.69, 9.17) is 0 Å². The standard InChI is InChI=1S/C23H25BrP2/c24-23(18-10-11-19-23)25-26(20-12-4-1-5-13-20,21-14-6-2-7-15-21)22-16-8-3-9-17-22/h1-9,12-17,25-26H,10-11,18-19H2. The van der Waals surface area contributed by atoms with Gasteiger partial charge in [-0.05, 0) is 0 Å². The summed E-state index contributed by atoms with van der Waals surface area (Å²) in [5.74, 6) is 0. The van der Waals surface area contributed by atoms with E-state index in [-0.39, 0.29) is 0 Å². The summed E-state index contributed by atoms with van der Waals surface area (Å²) in [5.41, 5.74) is 0. The number of hydrogen-bond acceptors (Lipinski definition) is 0. The van der Waals surface area contributed by atoms with Gasteiger partial charge in [0, 0.05) is 0 Å². The summed E-state index contributed by atoms with van der Waals surface area (Å²) in [4.78, 5) is 0. The van der Waals surface area contributed by atoms with Gasteiger partial charge in [0.1, 0.15) is 0 Å². The molecule has 0 heterocycles. The quantitative estimate of drug-likeness (QED) is 0.337. The van der Waals surface area contributed by atoms with E-state index in [2.05, 4.69) is 107 Å². The van der Waals surface area contributed by atoms with Crippen molar-refractivity contribution in [1.82, 2.24) is 0 Å². The van der Waals surface area contributed by atoms with Crippen LogP contribution in [0.4, 0.5) is 0 Å². The van der Waals surface area contributed by atoms with E-state index in [1.807, 2.05) is 0 Å². The molecule has 0 amide bonds. The first kappa shape index (κ1) is 18.4. The van der Waals surface area contributed by atoms with Crippen molar-refractivity contribution >= 4 is 47.1 Å². The molecule has 4 rings (SSSR count). The van der Waals surface area contributed by atoms with Crippen molar-refractivity contribution in [3.8, 4) is 0 Å². The van der Waals surface area contributed by atoms with Gasteiger partial charge in [0.05, 0.1) is 0 Å². The van der Waals surface area contributed by atoms with Crippen molar-refractivity contribution in [1.29, 1.82) is 0 Å². The molecule has 134 valence electrons. The molecule has 0 bridgehead atoms. The zero-order valence-corrected chi connectivity index (χ0v) is 18.5. The van der Waals surface area contributed by atoms with Crippen molar-refractivity contribution in [2.75, 3.05) is 0 Å². The SMILES string of the molecule is BrC1(P[PH](c2ccccc2)(c2ccccc2)c2ccccc2)CCCC1. The van der Waals surface area contributed by atoms with Crippen LogP contribution in [0.1, 0.15) is 25.7 Å². The second-order valence-electron chi connectivity index (χ2n) is 7.15. The maximum absolute atomic E-state index is 4.22. The fourth-order valence-corrected chi connectivity index (χ4v) is 17.8. The monoisotopic (exact) mass is 442 g/mol. The zero-order valence-electron chi connectivity index (χ0n) is 14.9. The van der Waals surface area contributed by atoms with E-state index < -0.39 is 6.95 Å². The van der Waals surface area contributed by atoms with E-state index >= 15 is 0 Å². The van der Waals surface area contributed by atoms with E-state index in [9.17, 15) is 0 Å². The van der Waals surface area contributed by atoms with Crippen LogP contribution in [-0.2, 0) is 0 Å². The minimum absolute atomic E-state index is 0.292. The molecule has 1 fully saturated rings. The molecule has 1 atom stereocenters. The molecule has 0 N–H and O–H groups in total. The van der Waals surface area contributed by atoms with E-state index in [1.54, 1.807) is 0 Å². The number of benzene rings is 3. The van der Waals surface area contributed by atoms with Crippen molar-refractivity contribution in [3.05, 3.63) is 91.0 Å². The Kier molecular flexibility index (Phi) is 5.61. The molecule has 0 nitrogen and oxygen atoms in total. The van der Waals surface area contributed by atoms with E-state index in [1.165, 1.54) is 41.6 Å². The van der Waals surface area contributed by atoms with Crippen LogP contribution in [0.3, 0.4) is 0 Å². The van der Waals surface area contributed by atoms with Crippen molar-refractivity contribution < 1.29 is 0 Å². The summed E-state index contributed by atoms with van der Waals surface area (Å²) in [7, 11) is 0.888. The first-order chi connectivity index (χ1) is 12.7. The van der Waals surface area contributed by atoms with Crippen LogP contribution in [0.2, 0.25) is 0 Å². The second-order valence-corrected chi connectivity index (χ2v) is 16.8.